The first-order valence-corrected chi connectivity index (χ1v) is 8.30. The Bertz CT molecular complexity index is 1010. The lowest BCUT2D eigenvalue weighted by molar-refractivity contribution is -0.116. The topological polar surface area (TPSA) is 62.6 Å². The van der Waals surface area contributed by atoms with Gasteiger partial charge in [0.15, 0.2) is 5.76 Å². The van der Waals surface area contributed by atoms with Crippen LogP contribution >= 0.6 is 11.6 Å². The minimum absolute atomic E-state index is 0.0245. The average molecular weight is 355 g/mol. The molecule has 0 atom stereocenters. The molecule has 2 amide bonds. The predicted molar refractivity (Wildman–Crippen MR) is 97.4 cm³/mol. The van der Waals surface area contributed by atoms with Crippen LogP contribution in [0.3, 0.4) is 0 Å². The highest BCUT2D eigenvalue weighted by Gasteiger charge is 2.22. The summed E-state index contributed by atoms with van der Waals surface area (Å²) in [4.78, 5) is 25.8. The van der Waals surface area contributed by atoms with Crippen molar-refractivity contribution in [3.63, 3.8) is 0 Å². The number of hydrogen-bond acceptors (Lipinski definition) is 3. The van der Waals surface area contributed by atoms with Gasteiger partial charge < -0.3 is 14.6 Å². The van der Waals surface area contributed by atoms with Crippen LogP contribution in [0.1, 0.15) is 23.0 Å². The third-order valence-electron chi connectivity index (χ3n) is 4.32. The van der Waals surface area contributed by atoms with Crippen LogP contribution in [0.2, 0.25) is 5.02 Å². The molecule has 1 aliphatic rings. The van der Waals surface area contributed by atoms with Crippen molar-refractivity contribution >= 4 is 45.8 Å². The van der Waals surface area contributed by atoms with Gasteiger partial charge in [-0.05, 0) is 54.4 Å². The van der Waals surface area contributed by atoms with Gasteiger partial charge in [-0.3, -0.25) is 9.59 Å². The van der Waals surface area contributed by atoms with Crippen LogP contribution in [0.15, 0.2) is 46.9 Å². The van der Waals surface area contributed by atoms with Crippen molar-refractivity contribution in [1.82, 2.24) is 0 Å². The molecule has 1 aromatic heterocycles. The zero-order chi connectivity index (χ0) is 17.6. The molecule has 4 rings (SSSR count). The van der Waals surface area contributed by atoms with Crippen LogP contribution in [0, 0.1) is 0 Å². The Labute approximate surface area is 149 Å². The fraction of sp³-hybridized carbons (Fsp3) is 0.158. The Morgan fingerprint density at radius 1 is 1.16 bits per heavy atom. The molecule has 1 aliphatic heterocycles. The van der Waals surface area contributed by atoms with Crippen LogP contribution in [0.5, 0.6) is 0 Å². The standard InChI is InChI=1S/C19H15ClN2O3/c1-11(23)22-7-6-12-9-15(3-4-16(12)22)21-19(24)18-10-13-8-14(20)2-5-17(13)25-18/h2-5,8-10H,6-7H2,1H3,(H,21,24). The van der Waals surface area contributed by atoms with E-state index in [0.717, 1.165) is 23.1 Å². The number of carbonyl (C=O) groups excluding carboxylic acids is 2. The highest BCUT2D eigenvalue weighted by atomic mass is 35.5. The molecule has 5 nitrogen and oxygen atoms in total. The Kier molecular flexibility index (Phi) is 3.73. The number of fused-ring (bicyclic) bond motifs is 2. The van der Waals surface area contributed by atoms with Crippen molar-refractivity contribution in [3.05, 3.63) is 58.8 Å². The van der Waals surface area contributed by atoms with Crippen LogP contribution in [-0.4, -0.2) is 18.4 Å². The number of amides is 2. The average Bonchev–Trinajstić information content (AvgIpc) is 3.17. The largest absolute Gasteiger partial charge is 0.451 e. The normalized spacial score (nSPS) is 13.1. The molecule has 2 aromatic carbocycles. The Morgan fingerprint density at radius 2 is 2.00 bits per heavy atom. The fourth-order valence-electron chi connectivity index (χ4n) is 3.13. The third kappa shape index (κ3) is 2.87. The summed E-state index contributed by atoms with van der Waals surface area (Å²) in [6.45, 7) is 2.23. The van der Waals surface area contributed by atoms with Gasteiger partial charge in [0.2, 0.25) is 5.91 Å². The van der Waals surface area contributed by atoms with Gasteiger partial charge in [0.25, 0.3) is 5.91 Å². The molecule has 0 spiro atoms. The van der Waals surface area contributed by atoms with Gasteiger partial charge >= 0.3 is 0 Å². The molecule has 0 saturated carbocycles. The number of anilines is 2. The van der Waals surface area contributed by atoms with Crippen molar-refractivity contribution in [3.8, 4) is 0 Å². The molecule has 0 fully saturated rings. The van der Waals surface area contributed by atoms with E-state index in [9.17, 15) is 9.59 Å². The lowest BCUT2D eigenvalue weighted by atomic mass is 10.1. The second-order valence-electron chi connectivity index (χ2n) is 6.01. The summed E-state index contributed by atoms with van der Waals surface area (Å²) in [5.74, 6) is -0.0757. The van der Waals surface area contributed by atoms with E-state index in [2.05, 4.69) is 5.32 Å². The molecular formula is C19H15ClN2O3. The zero-order valence-corrected chi connectivity index (χ0v) is 14.3. The first kappa shape index (κ1) is 15.7. The van der Waals surface area contributed by atoms with Gasteiger partial charge in [-0.15, -0.1) is 0 Å². The molecule has 0 unspecified atom stereocenters. The van der Waals surface area contributed by atoms with E-state index in [1.54, 1.807) is 42.2 Å². The van der Waals surface area contributed by atoms with E-state index < -0.39 is 0 Å². The monoisotopic (exact) mass is 354 g/mol. The second kappa shape index (κ2) is 5.93. The van der Waals surface area contributed by atoms with Gasteiger partial charge in [0.1, 0.15) is 5.58 Å². The van der Waals surface area contributed by atoms with Gasteiger partial charge in [-0.1, -0.05) is 11.6 Å². The highest BCUT2D eigenvalue weighted by Crippen LogP contribution is 2.31. The first-order valence-electron chi connectivity index (χ1n) is 7.93. The van der Waals surface area contributed by atoms with Crippen LogP contribution < -0.4 is 10.2 Å². The summed E-state index contributed by atoms with van der Waals surface area (Å²) in [5.41, 5.74) is 3.24. The number of hydrogen-bond donors (Lipinski definition) is 1. The van der Waals surface area contributed by atoms with E-state index in [1.807, 2.05) is 12.1 Å². The summed E-state index contributed by atoms with van der Waals surface area (Å²) in [6.07, 6.45) is 0.780. The number of benzene rings is 2. The van der Waals surface area contributed by atoms with Gasteiger partial charge in [0.05, 0.1) is 0 Å². The molecule has 6 heteroatoms. The first-order chi connectivity index (χ1) is 12.0. The van der Waals surface area contributed by atoms with E-state index in [1.165, 1.54) is 0 Å². The maximum Gasteiger partial charge on any atom is 0.291 e. The SMILES string of the molecule is CC(=O)N1CCc2cc(NC(=O)c3cc4cc(Cl)ccc4o3)ccc21. The lowest BCUT2D eigenvalue weighted by Gasteiger charge is -2.14. The van der Waals surface area contributed by atoms with Crippen molar-refractivity contribution in [1.29, 1.82) is 0 Å². The second-order valence-corrected chi connectivity index (χ2v) is 6.45. The molecule has 1 N–H and O–H groups in total. The minimum Gasteiger partial charge on any atom is -0.451 e. The molecule has 0 bridgehead atoms. The number of nitrogens with one attached hydrogen (secondary N) is 1. The summed E-state index contributed by atoms with van der Waals surface area (Å²) >= 11 is 5.96. The molecule has 0 aliphatic carbocycles. The smallest absolute Gasteiger partial charge is 0.291 e. The lowest BCUT2D eigenvalue weighted by Crippen LogP contribution is -2.25. The zero-order valence-electron chi connectivity index (χ0n) is 13.5. The van der Waals surface area contributed by atoms with Gasteiger partial charge in [-0.2, -0.15) is 0 Å². The maximum absolute atomic E-state index is 12.4. The number of carbonyl (C=O) groups is 2. The summed E-state index contributed by atoms with van der Waals surface area (Å²) in [5, 5.41) is 4.21. The molecule has 0 radical (unpaired) electrons. The van der Waals surface area contributed by atoms with Crippen LogP contribution in [-0.2, 0) is 11.2 Å². The molecule has 25 heavy (non-hydrogen) atoms. The van der Waals surface area contributed by atoms with E-state index in [4.69, 9.17) is 16.0 Å². The Hall–Kier alpha value is -2.79. The van der Waals surface area contributed by atoms with Crippen molar-refractivity contribution < 1.29 is 14.0 Å². The Balaban J connectivity index is 1.57. The molecular weight excluding hydrogens is 340 g/mol. The molecule has 2 heterocycles. The van der Waals surface area contributed by atoms with Crippen molar-refractivity contribution in [2.75, 3.05) is 16.8 Å². The fourth-order valence-corrected chi connectivity index (χ4v) is 3.31. The Morgan fingerprint density at radius 3 is 2.80 bits per heavy atom. The number of halogens is 1. The van der Waals surface area contributed by atoms with Gasteiger partial charge in [0, 0.05) is 35.3 Å². The number of furan rings is 1. The molecule has 126 valence electrons. The van der Waals surface area contributed by atoms with E-state index in [-0.39, 0.29) is 17.6 Å². The molecule has 3 aromatic rings. The number of rotatable bonds is 2. The highest BCUT2D eigenvalue weighted by molar-refractivity contribution is 6.31. The minimum atomic E-state index is -0.325. The van der Waals surface area contributed by atoms with Crippen molar-refractivity contribution in [2.45, 2.75) is 13.3 Å². The molecule has 0 saturated heterocycles. The quantitative estimate of drug-likeness (QED) is 0.748. The van der Waals surface area contributed by atoms with Gasteiger partial charge in [-0.25, -0.2) is 0 Å². The third-order valence-corrected chi connectivity index (χ3v) is 4.55. The van der Waals surface area contributed by atoms with E-state index >= 15 is 0 Å². The van der Waals surface area contributed by atoms with Crippen LogP contribution in [0.4, 0.5) is 11.4 Å². The predicted octanol–water partition coefficient (Wildman–Crippen LogP) is 4.25. The summed E-state index contributed by atoms with van der Waals surface area (Å²) in [7, 11) is 0. The summed E-state index contributed by atoms with van der Waals surface area (Å²) < 4.78 is 5.57. The van der Waals surface area contributed by atoms with Crippen molar-refractivity contribution in [2.24, 2.45) is 0 Å². The van der Waals surface area contributed by atoms with Crippen LogP contribution in [0.25, 0.3) is 11.0 Å². The van der Waals surface area contributed by atoms with E-state index in [0.29, 0.717) is 22.8 Å². The number of nitrogens with zero attached hydrogens (tertiary/aromatic N) is 1. The summed E-state index contributed by atoms with van der Waals surface area (Å²) in [6, 6.07) is 12.4. The maximum atomic E-state index is 12.4.